The lowest BCUT2D eigenvalue weighted by molar-refractivity contribution is -0.123. The van der Waals surface area contributed by atoms with Gasteiger partial charge < -0.3 is 10.6 Å². The van der Waals surface area contributed by atoms with Gasteiger partial charge in [-0.3, -0.25) is 9.59 Å². The highest BCUT2D eigenvalue weighted by atomic mass is 32.2. The molecule has 7 heteroatoms. The Balaban J connectivity index is 2.31. The van der Waals surface area contributed by atoms with Crippen LogP contribution in [0.1, 0.15) is 35.8 Å². The lowest BCUT2D eigenvalue weighted by atomic mass is 10.0. The maximum Gasteiger partial charge on any atom is 0.252 e. The number of sulfone groups is 1. The summed E-state index contributed by atoms with van der Waals surface area (Å²) in [6.45, 7) is 3.66. The van der Waals surface area contributed by atoms with Crippen molar-refractivity contribution in [2.45, 2.75) is 30.8 Å². The van der Waals surface area contributed by atoms with Crippen LogP contribution in [-0.4, -0.2) is 32.5 Å². The van der Waals surface area contributed by atoms with Crippen molar-refractivity contribution in [1.82, 2.24) is 10.6 Å². The van der Waals surface area contributed by atoms with Gasteiger partial charge in [0.2, 0.25) is 5.91 Å². The van der Waals surface area contributed by atoms with Crippen molar-refractivity contribution in [3.05, 3.63) is 65.7 Å². The molecule has 0 heterocycles. The quantitative estimate of drug-likeness (QED) is 0.810. The number of amides is 2. The summed E-state index contributed by atoms with van der Waals surface area (Å²) in [7, 11) is -3.43. The predicted molar refractivity (Wildman–Crippen MR) is 99.5 cm³/mol. The molecular weight excluding hydrogens is 352 g/mol. The third-order valence-electron chi connectivity index (χ3n) is 3.63. The molecule has 26 heavy (non-hydrogen) atoms. The van der Waals surface area contributed by atoms with E-state index in [1.807, 2.05) is 19.9 Å². The van der Waals surface area contributed by atoms with Gasteiger partial charge in [0.05, 0.1) is 4.90 Å². The molecule has 138 valence electrons. The smallest absolute Gasteiger partial charge is 0.252 e. The van der Waals surface area contributed by atoms with E-state index in [4.69, 9.17) is 0 Å². The normalized spacial score (nSPS) is 12.5. The second-order valence-electron chi connectivity index (χ2n) is 6.28. The molecule has 0 spiro atoms. The Morgan fingerprint density at radius 1 is 0.923 bits per heavy atom. The van der Waals surface area contributed by atoms with E-state index >= 15 is 0 Å². The van der Waals surface area contributed by atoms with E-state index in [0.29, 0.717) is 5.56 Å². The van der Waals surface area contributed by atoms with E-state index in [2.05, 4.69) is 10.6 Å². The third kappa shape index (κ3) is 5.16. The van der Waals surface area contributed by atoms with Gasteiger partial charge in [0.1, 0.15) is 6.04 Å². The minimum Gasteiger partial charge on any atom is -0.352 e. The molecule has 6 nitrogen and oxygen atoms in total. The number of rotatable bonds is 6. The molecule has 0 aromatic heterocycles. The predicted octanol–water partition coefficient (Wildman–Crippen LogP) is 2.09. The molecule has 0 fully saturated rings. The van der Waals surface area contributed by atoms with E-state index in [1.165, 1.54) is 24.3 Å². The maximum absolute atomic E-state index is 12.6. The van der Waals surface area contributed by atoms with Crippen LogP contribution >= 0.6 is 0 Å². The summed E-state index contributed by atoms with van der Waals surface area (Å²) in [6.07, 6.45) is 1.08. The number of hydrogen-bond acceptors (Lipinski definition) is 4. The SMILES string of the molecule is CC(C)NC(=O)[C@@H](NC(=O)c1cccc(S(C)(=O)=O)c1)c1ccccc1. The summed E-state index contributed by atoms with van der Waals surface area (Å²) >= 11 is 0. The molecule has 1 atom stereocenters. The first-order chi connectivity index (χ1) is 12.2. The average Bonchev–Trinajstić information content (AvgIpc) is 2.59. The Labute approximate surface area is 153 Å². The van der Waals surface area contributed by atoms with E-state index in [-0.39, 0.29) is 22.4 Å². The zero-order chi connectivity index (χ0) is 19.3. The van der Waals surface area contributed by atoms with Crippen molar-refractivity contribution in [2.24, 2.45) is 0 Å². The van der Waals surface area contributed by atoms with Crippen LogP contribution < -0.4 is 10.6 Å². The Bertz CT molecular complexity index is 893. The second kappa shape index (κ2) is 8.14. The van der Waals surface area contributed by atoms with Gasteiger partial charge in [-0.25, -0.2) is 8.42 Å². The molecule has 0 saturated carbocycles. The van der Waals surface area contributed by atoms with Gasteiger partial charge in [-0.05, 0) is 37.6 Å². The molecule has 0 unspecified atom stereocenters. The lowest BCUT2D eigenvalue weighted by Gasteiger charge is -2.20. The summed E-state index contributed by atoms with van der Waals surface area (Å²) in [5, 5.41) is 5.47. The van der Waals surface area contributed by atoms with Gasteiger partial charge >= 0.3 is 0 Å². The van der Waals surface area contributed by atoms with Gasteiger partial charge in [-0.2, -0.15) is 0 Å². The minimum atomic E-state index is -3.43. The highest BCUT2D eigenvalue weighted by Crippen LogP contribution is 2.16. The molecule has 2 rings (SSSR count). The molecular formula is C19H22N2O4S. The molecule has 0 aliphatic rings. The summed E-state index contributed by atoms with van der Waals surface area (Å²) in [6, 6.07) is 13.6. The summed E-state index contributed by atoms with van der Waals surface area (Å²) < 4.78 is 23.4. The number of hydrogen-bond donors (Lipinski definition) is 2. The first kappa shape index (κ1) is 19.7. The first-order valence-corrected chi connectivity index (χ1v) is 10.0. The molecule has 0 saturated heterocycles. The first-order valence-electron chi connectivity index (χ1n) is 8.15. The molecule has 0 aliphatic carbocycles. The number of nitrogens with one attached hydrogen (secondary N) is 2. The minimum absolute atomic E-state index is 0.0491. The number of carbonyl (C=O) groups excluding carboxylic acids is 2. The fraction of sp³-hybridized carbons (Fsp3) is 0.263. The lowest BCUT2D eigenvalue weighted by Crippen LogP contribution is -2.42. The molecule has 0 bridgehead atoms. The Kier molecular flexibility index (Phi) is 6.15. The highest BCUT2D eigenvalue weighted by molar-refractivity contribution is 7.90. The van der Waals surface area contributed by atoms with Crippen molar-refractivity contribution in [3.8, 4) is 0 Å². The van der Waals surface area contributed by atoms with Crippen LogP contribution in [0.4, 0.5) is 0 Å². The zero-order valence-electron chi connectivity index (χ0n) is 14.9. The highest BCUT2D eigenvalue weighted by Gasteiger charge is 2.24. The molecule has 2 N–H and O–H groups in total. The molecule has 2 aromatic carbocycles. The summed E-state index contributed by atoms with van der Waals surface area (Å²) in [5.74, 6) is -0.859. The third-order valence-corrected chi connectivity index (χ3v) is 4.74. The topological polar surface area (TPSA) is 92.3 Å². The monoisotopic (exact) mass is 374 g/mol. The van der Waals surface area contributed by atoms with Crippen LogP contribution in [-0.2, 0) is 14.6 Å². The zero-order valence-corrected chi connectivity index (χ0v) is 15.7. The van der Waals surface area contributed by atoms with Crippen molar-refractivity contribution in [2.75, 3.05) is 6.26 Å². The van der Waals surface area contributed by atoms with E-state index < -0.39 is 21.8 Å². The van der Waals surface area contributed by atoms with Crippen molar-refractivity contribution < 1.29 is 18.0 Å². The summed E-state index contributed by atoms with van der Waals surface area (Å²) in [4.78, 5) is 25.2. The Hall–Kier alpha value is -2.67. The molecule has 2 amide bonds. The van der Waals surface area contributed by atoms with Crippen molar-refractivity contribution in [3.63, 3.8) is 0 Å². The summed E-state index contributed by atoms with van der Waals surface area (Å²) in [5.41, 5.74) is 0.810. The molecule has 2 aromatic rings. The van der Waals surface area contributed by atoms with Crippen molar-refractivity contribution in [1.29, 1.82) is 0 Å². The van der Waals surface area contributed by atoms with Crippen LogP contribution in [0.3, 0.4) is 0 Å². The van der Waals surface area contributed by atoms with Gasteiger partial charge in [0.25, 0.3) is 5.91 Å². The number of carbonyl (C=O) groups is 2. The van der Waals surface area contributed by atoms with Gasteiger partial charge in [-0.15, -0.1) is 0 Å². The Morgan fingerprint density at radius 2 is 1.58 bits per heavy atom. The second-order valence-corrected chi connectivity index (χ2v) is 8.30. The van der Waals surface area contributed by atoms with Gasteiger partial charge in [-0.1, -0.05) is 36.4 Å². The van der Waals surface area contributed by atoms with E-state index in [0.717, 1.165) is 6.26 Å². The van der Waals surface area contributed by atoms with Crippen LogP contribution in [0.15, 0.2) is 59.5 Å². The van der Waals surface area contributed by atoms with E-state index in [9.17, 15) is 18.0 Å². The van der Waals surface area contributed by atoms with Crippen LogP contribution in [0.5, 0.6) is 0 Å². The fourth-order valence-electron chi connectivity index (χ4n) is 2.40. The number of benzene rings is 2. The van der Waals surface area contributed by atoms with Crippen molar-refractivity contribution >= 4 is 21.7 Å². The Morgan fingerprint density at radius 3 is 2.15 bits per heavy atom. The van der Waals surface area contributed by atoms with Crippen LogP contribution in [0, 0.1) is 0 Å². The van der Waals surface area contributed by atoms with E-state index in [1.54, 1.807) is 24.3 Å². The largest absolute Gasteiger partial charge is 0.352 e. The van der Waals surface area contributed by atoms with Crippen LogP contribution in [0.2, 0.25) is 0 Å². The molecule has 0 radical (unpaired) electrons. The standard InChI is InChI=1S/C19H22N2O4S/c1-13(2)20-19(23)17(14-8-5-4-6-9-14)21-18(22)15-10-7-11-16(12-15)26(3,24)25/h4-13,17H,1-3H3,(H,20,23)(H,21,22)/t17-/m0/s1. The maximum atomic E-state index is 12.6. The molecule has 0 aliphatic heterocycles. The van der Waals surface area contributed by atoms with Gasteiger partial charge in [0.15, 0.2) is 9.84 Å². The fourth-order valence-corrected chi connectivity index (χ4v) is 3.06. The van der Waals surface area contributed by atoms with Gasteiger partial charge in [0, 0.05) is 17.9 Å². The average molecular weight is 374 g/mol. The van der Waals surface area contributed by atoms with Crippen LogP contribution in [0.25, 0.3) is 0 Å².